The fourth-order valence-corrected chi connectivity index (χ4v) is 1.37. The Balaban J connectivity index is 2.62. The van der Waals surface area contributed by atoms with Crippen LogP contribution in [-0.4, -0.2) is 24.5 Å². The van der Waals surface area contributed by atoms with Gasteiger partial charge in [-0.15, -0.1) is 0 Å². The van der Waals surface area contributed by atoms with Crippen molar-refractivity contribution in [1.29, 1.82) is 0 Å². The van der Waals surface area contributed by atoms with Gasteiger partial charge in [-0.3, -0.25) is 14.4 Å². The Kier molecular flexibility index (Phi) is 5.05. The Bertz CT molecular complexity index is 535. The number of amides is 1. The van der Waals surface area contributed by atoms with E-state index in [2.05, 4.69) is 5.32 Å². The Morgan fingerprint density at radius 3 is 2.53 bits per heavy atom. The molecule has 1 aromatic rings. The van der Waals surface area contributed by atoms with Crippen molar-refractivity contribution in [3.8, 4) is 0 Å². The molecule has 0 radical (unpaired) electrons. The summed E-state index contributed by atoms with van der Waals surface area (Å²) in [6.45, 7) is 3.56. The fourth-order valence-electron chi connectivity index (χ4n) is 1.37. The number of aldehydes is 1. The lowest BCUT2D eigenvalue weighted by molar-refractivity contribution is -0.120. The summed E-state index contributed by atoms with van der Waals surface area (Å²) < 4.78 is 6.75. The van der Waals surface area contributed by atoms with E-state index in [-0.39, 0.29) is 17.6 Å². The quantitative estimate of drug-likeness (QED) is 0.627. The van der Waals surface area contributed by atoms with Gasteiger partial charge >= 0.3 is 0 Å². The van der Waals surface area contributed by atoms with Gasteiger partial charge < -0.3 is 5.32 Å². The zero-order valence-corrected chi connectivity index (χ0v) is 11.0. The van der Waals surface area contributed by atoms with Crippen LogP contribution in [0.1, 0.15) is 31.1 Å². The van der Waals surface area contributed by atoms with Crippen LogP contribution < -0.4 is 5.32 Å². The predicted molar refractivity (Wildman–Crippen MR) is 73.7 cm³/mol. The molecule has 0 aliphatic heterocycles. The Morgan fingerprint density at radius 1 is 1.37 bits per heavy atom. The predicted octanol–water partition coefficient (Wildman–Crippen LogP) is 1.85. The van der Waals surface area contributed by atoms with Gasteiger partial charge in [0.1, 0.15) is 13.4 Å². The molecule has 0 aromatic heterocycles. The molecular weight excluding hydrogens is 242 g/mol. The van der Waals surface area contributed by atoms with Crippen LogP contribution >= 0.6 is 0 Å². The zero-order chi connectivity index (χ0) is 15.1. The number of nitrogens with one attached hydrogen (secondary N) is 1. The molecule has 1 amide bonds. The van der Waals surface area contributed by atoms with E-state index in [9.17, 15) is 14.4 Å². The molecule has 1 unspecified atom stereocenters. The largest absolute Gasteiger partial charge is 0.351 e. The molecule has 0 fully saturated rings. The van der Waals surface area contributed by atoms with Crippen molar-refractivity contribution in [2.45, 2.75) is 13.8 Å². The average molecular weight is 260 g/mol. The van der Waals surface area contributed by atoms with E-state index in [4.69, 9.17) is 1.37 Å². The average Bonchev–Trinajstić information content (AvgIpc) is 2.42. The van der Waals surface area contributed by atoms with Crippen LogP contribution in [0.4, 0.5) is 0 Å². The third-order valence-electron chi connectivity index (χ3n) is 2.78. The van der Waals surface area contributed by atoms with Gasteiger partial charge in [0.05, 0.1) is 0 Å². The van der Waals surface area contributed by atoms with Gasteiger partial charge in [-0.05, 0) is 30.7 Å². The summed E-state index contributed by atoms with van der Waals surface area (Å²) in [6, 6.07) is 6.62. The highest BCUT2D eigenvalue weighted by molar-refractivity contribution is 5.94. The highest BCUT2D eigenvalue weighted by Gasteiger charge is 2.10. The minimum atomic E-state index is -0.773. The molecule has 1 atom stereocenters. The summed E-state index contributed by atoms with van der Waals surface area (Å²) in [5, 5.41) is 2.69. The highest BCUT2D eigenvalue weighted by atomic mass is 16.2. The van der Waals surface area contributed by atoms with Crippen LogP contribution in [0, 0.1) is 5.92 Å². The number of carbonyl (C=O) groups excluding carboxylic acids is 3. The van der Waals surface area contributed by atoms with Gasteiger partial charge in [0.15, 0.2) is 0 Å². The van der Waals surface area contributed by atoms with Crippen molar-refractivity contribution in [2.75, 3.05) is 6.54 Å². The van der Waals surface area contributed by atoms with Gasteiger partial charge in [0.25, 0.3) is 5.91 Å². The second-order valence-corrected chi connectivity index (χ2v) is 4.29. The van der Waals surface area contributed by atoms with Gasteiger partial charge in [-0.2, -0.15) is 0 Å². The molecule has 1 N–H and O–H groups in total. The van der Waals surface area contributed by atoms with Crippen molar-refractivity contribution in [2.24, 2.45) is 5.92 Å². The molecule has 4 heteroatoms. The van der Waals surface area contributed by atoms with Crippen LogP contribution in [0.15, 0.2) is 30.3 Å². The van der Waals surface area contributed by atoms with Crippen LogP contribution in [0.5, 0.6) is 0 Å². The molecule has 0 aliphatic rings. The highest BCUT2D eigenvalue weighted by Crippen LogP contribution is 2.06. The number of hydrogen-bond acceptors (Lipinski definition) is 3. The lowest BCUT2D eigenvalue weighted by atomic mass is 10.1. The second kappa shape index (κ2) is 7.26. The topological polar surface area (TPSA) is 63.2 Å². The number of hydrogen-bond donors (Lipinski definition) is 1. The summed E-state index contributed by atoms with van der Waals surface area (Å²) in [7, 11) is 0. The molecule has 0 saturated heterocycles. The fraction of sp³-hybridized carbons (Fsp3) is 0.267. The van der Waals surface area contributed by atoms with Gasteiger partial charge in [-0.25, -0.2) is 0 Å². The molecule has 0 saturated carbocycles. The number of carbonyl (C=O) groups is 3. The first-order valence-corrected chi connectivity index (χ1v) is 5.97. The SMILES string of the molecule is [2H]C(=O)/C=C/c1ccc(C(=O)NCC(C)C(C)=O)cc1. The van der Waals surface area contributed by atoms with Crippen molar-refractivity contribution >= 4 is 24.0 Å². The lowest BCUT2D eigenvalue weighted by Gasteiger charge is -2.09. The molecular formula is C15H17NO3. The number of rotatable bonds is 6. The molecule has 0 spiro atoms. The summed E-state index contributed by atoms with van der Waals surface area (Å²) in [5.41, 5.74) is 1.22. The molecule has 100 valence electrons. The van der Waals surface area contributed by atoms with E-state index in [1.165, 1.54) is 13.0 Å². The summed E-state index contributed by atoms with van der Waals surface area (Å²) in [6.07, 6.45) is 1.88. The number of allylic oxidation sites excluding steroid dienone is 1. The van der Waals surface area contributed by atoms with Gasteiger partial charge in [0.2, 0.25) is 0 Å². The summed E-state index contributed by atoms with van der Waals surface area (Å²) >= 11 is 0. The maximum Gasteiger partial charge on any atom is 0.251 e. The first-order valence-electron chi connectivity index (χ1n) is 6.47. The second-order valence-electron chi connectivity index (χ2n) is 4.29. The summed E-state index contributed by atoms with van der Waals surface area (Å²) in [4.78, 5) is 33.4. The number of Topliss-reactive ketones (excluding diaryl/α,β-unsaturated/α-hetero) is 1. The standard InChI is InChI=1S/C15H17NO3/c1-11(12(2)18)10-16-15(19)14-7-5-13(6-8-14)4-3-9-17/h3-9,11H,10H2,1-2H3,(H,16,19)/b4-3+/i9D. The van der Waals surface area contributed by atoms with Gasteiger partial charge in [0, 0.05) is 18.0 Å². The first kappa shape index (κ1) is 13.2. The Labute approximate surface area is 113 Å². The summed E-state index contributed by atoms with van der Waals surface area (Å²) in [5.74, 6) is -0.416. The van der Waals surface area contributed by atoms with Crippen molar-refractivity contribution < 1.29 is 15.8 Å². The normalized spacial score (nSPS) is 12.8. The van der Waals surface area contributed by atoms with Crippen LogP contribution in [-0.2, 0) is 9.59 Å². The van der Waals surface area contributed by atoms with Crippen molar-refractivity contribution in [3.63, 3.8) is 0 Å². The molecule has 0 heterocycles. The van der Waals surface area contributed by atoms with Gasteiger partial charge in [-0.1, -0.05) is 25.1 Å². The van der Waals surface area contributed by atoms with E-state index in [0.717, 1.165) is 11.6 Å². The monoisotopic (exact) mass is 260 g/mol. The lowest BCUT2D eigenvalue weighted by Crippen LogP contribution is -2.30. The maximum atomic E-state index is 11.8. The number of benzene rings is 1. The van der Waals surface area contributed by atoms with Crippen LogP contribution in [0.25, 0.3) is 6.08 Å². The first-order chi connectivity index (χ1) is 9.40. The Hall–Kier alpha value is -2.23. The van der Waals surface area contributed by atoms with Crippen molar-refractivity contribution in [1.82, 2.24) is 5.32 Å². The molecule has 4 nitrogen and oxygen atoms in total. The van der Waals surface area contributed by atoms with E-state index in [0.29, 0.717) is 12.1 Å². The minimum absolute atomic E-state index is 0.0332. The van der Waals surface area contributed by atoms with Crippen LogP contribution in [0.3, 0.4) is 0 Å². The molecule has 1 aromatic carbocycles. The molecule has 0 bridgehead atoms. The zero-order valence-electron chi connectivity index (χ0n) is 12.0. The Morgan fingerprint density at radius 2 is 2.00 bits per heavy atom. The van der Waals surface area contributed by atoms with E-state index in [1.807, 2.05) is 0 Å². The molecule has 19 heavy (non-hydrogen) atoms. The van der Waals surface area contributed by atoms with Crippen LogP contribution in [0.2, 0.25) is 0 Å². The van der Waals surface area contributed by atoms with E-state index in [1.54, 1.807) is 31.2 Å². The smallest absolute Gasteiger partial charge is 0.251 e. The third kappa shape index (κ3) is 4.87. The maximum absolute atomic E-state index is 11.8. The minimum Gasteiger partial charge on any atom is -0.351 e. The van der Waals surface area contributed by atoms with E-state index >= 15 is 0 Å². The van der Waals surface area contributed by atoms with E-state index < -0.39 is 6.26 Å². The molecule has 0 aliphatic carbocycles. The third-order valence-corrected chi connectivity index (χ3v) is 2.78. The number of ketones is 1. The molecule has 1 rings (SSSR count). The van der Waals surface area contributed by atoms with Crippen molar-refractivity contribution in [3.05, 3.63) is 41.5 Å².